The number of likely N-dealkylation sites (tertiary alicyclic amines) is 1. The van der Waals surface area contributed by atoms with Gasteiger partial charge in [-0.25, -0.2) is 9.59 Å². The Balaban J connectivity index is 0.000000204. The maximum Gasteiger partial charge on any atom is 0.410 e. The van der Waals surface area contributed by atoms with Crippen LogP contribution in [0.15, 0.2) is 84.9 Å². The lowest BCUT2D eigenvalue weighted by Gasteiger charge is -2.35. The monoisotopic (exact) mass is 1100 g/mol. The third-order valence-electron chi connectivity index (χ3n) is 14.7. The minimum absolute atomic E-state index is 0.182. The van der Waals surface area contributed by atoms with E-state index in [9.17, 15) is 9.59 Å². The number of ether oxygens (including phenoxy) is 6. The van der Waals surface area contributed by atoms with Crippen LogP contribution in [-0.4, -0.2) is 148 Å². The summed E-state index contributed by atoms with van der Waals surface area (Å²) in [6.07, 6.45) is 12.6. The summed E-state index contributed by atoms with van der Waals surface area (Å²) < 4.78 is 33.2. The first-order valence-electron chi connectivity index (χ1n) is 27.7. The van der Waals surface area contributed by atoms with Crippen molar-refractivity contribution in [1.82, 2.24) is 30.0 Å². The highest BCUT2D eigenvalue weighted by Crippen LogP contribution is 2.42. The fraction of sp³-hybridized carbons (Fsp3) is 0.500. The van der Waals surface area contributed by atoms with E-state index < -0.39 is 0 Å². The predicted octanol–water partition coefficient (Wildman–Crippen LogP) is 11.7. The number of hydrogen-bond donors (Lipinski definition) is 4. The normalized spacial score (nSPS) is 16.3. The van der Waals surface area contributed by atoms with Crippen molar-refractivity contribution in [2.75, 3.05) is 106 Å². The molecule has 2 aromatic heterocycles. The molecule has 0 radical (unpaired) electrons. The van der Waals surface area contributed by atoms with Crippen molar-refractivity contribution in [2.45, 2.75) is 89.1 Å². The van der Waals surface area contributed by atoms with Crippen molar-refractivity contribution >= 4 is 57.2 Å². The number of nitrogens with zero attached hydrogens (tertiary/aromatic N) is 3. The summed E-state index contributed by atoms with van der Waals surface area (Å²) in [5.74, 6) is 1.66. The van der Waals surface area contributed by atoms with Crippen LogP contribution in [0.5, 0.6) is 11.5 Å². The average molecular weight is 1100 g/mol. The fourth-order valence-electron chi connectivity index (χ4n) is 10.8. The number of carbonyl (C=O) groups excluding carboxylic acids is 2. The van der Waals surface area contributed by atoms with Gasteiger partial charge < -0.3 is 53.7 Å². The van der Waals surface area contributed by atoms with Crippen molar-refractivity contribution in [2.24, 2.45) is 0 Å². The van der Waals surface area contributed by atoms with Gasteiger partial charge in [0.1, 0.15) is 36.8 Å². The van der Waals surface area contributed by atoms with Crippen molar-refractivity contribution in [3.63, 3.8) is 0 Å². The van der Waals surface area contributed by atoms with E-state index in [1.807, 2.05) is 72.8 Å². The molecule has 416 valence electrons. The van der Waals surface area contributed by atoms with E-state index >= 15 is 0 Å². The quantitative estimate of drug-likeness (QED) is 0.0382. The summed E-state index contributed by atoms with van der Waals surface area (Å²) >= 11 is 12.6. The van der Waals surface area contributed by atoms with E-state index in [-0.39, 0.29) is 44.1 Å². The Morgan fingerprint density at radius 3 is 1.51 bits per heavy atom. The molecule has 0 aliphatic carbocycles. The van der Waals surface area contributed by atoms with Crippen LogP contribution in [0.3, 0.4) is 0 Å². The van der Waals surface area contributed by atoms with Crippen molar-refractivity contribution < 1.29 is 43.1 Å². The Morgan fingerprint density at radius 1 is 0.571 bits per heavy atom. The zero-order valence-corrected chi connectivity index (χ0v) is 46.4. The molecule has 1 saturated heterocycles. The molecule has 6 aromatic rings. The molecule has 15 nitrogen and oxygen atoms in total. The molecule has 1 fully saturated rings. The molecule has 77 heavy (non-hydrogen) atoms. The first kappa shape index (κ1) is 57.6. The van der Waals surface area contributed by atoms with Gasteiger partial charge in [-0.3, -0.25) is 9.80 Å². The molecule has 2 unspecified atom stereocenters. The second-order valence-electron chi connectivity index (χ2n) is 20.0. The average Bonchev–Trinajstić information content (AvgIpc) is 4.22. The lowest BCUT2D eigenvalue weighted by molar-refractivity contribution is 0.0626. The SMILES string of the molecule is COCCOC(=O)N1CCc2c([nH]c3ccc(Cl)cc23)C1c1ccc(OCCCCCCN2CCCC2)cc1.COCCOC(=O)N1CCc2c([nH]c3ccc(Cl)cc23)C1c1ccc(OCCCCCCNCCO)cc1. The molecule has 2 atom stereocenters. The third-order valence-corrected chi connectivity index (χ3v) is 15.2. The molecule has 4 aromatic carbocycles. The molecule has 0 spiro atoms. The summed E-state index contributed by atoms with van der Waals surface area (Å²) in [6, 6.07) is 27.2. The van der Waals surface area contributed by atoms with Gasteiger partial charge >= 0.3 is 12.2 Å². The predicted molar refractivity (Wildman–Crippen MR) is 304 cm³/mol. The molecular weight excluding hydrogens is 1020 g/mol. The van der Waals surface area contributed by atoms with Gasteiger partial charge in [-0.15, -0.1) is 0 Å². The smallest absolute Gasteiger partial charge is 0.410 e. The van der Waals surface area contributed by atoms with E-state index in [0.717, 1.165) is 107 Å². The largest absolute Gasteiger partial charge is 0.494 e. The van der Waals surface area contributed by atoms with Crippen LogP contribution < -0.4 is 14.8 Å². The maximum atomic E-state index is 13.1. The number of benzene rings is 4. The van der Waals surface area contributed by atoms with Crippen LogP contribution >= 0.6 is 23.2 Å². The first-order chi connectivity index (χ1) is 37.8. The van der Waals surface area contributed by atoms with Gasteiger partial charge in [-0.1, -0.05) is 73.2 Å². The number of nitrogens with one attached hydrogen (secondary N) is 3. The number of carbonyl (C=O) groups is 2. The van der Waals surface area contributed by atoms with E-state index in [4.69, 9.17) is 56.7 Å². The Bertz CT molecular complexity index is 2760. The first-order valence-corrected chi connectivity index (χ1v) is 28.5. The number of rotatable bonds is 26. The molecule has 17 heteroatoms. The summed E-state index contributed by atoms with van der Waals surface area (Å²) in [5.41, 5.74) is 8.38. The molecule has 0 saturated carbocycles. The molecular formula is C60H78Cl2N6O9. The number of fused-ring (bicyclic) bond motifs is 6. The lowest BCUT2D eigenvalue weighted by atomic mass is 9.92. The maximum absolute atomic E-state index is 13.1. The molecule has 3 aliphatic heterocycles. The number of aromatic nitrogens is 2. The Labute approximate surface area is 463 Å². The second-order valence-corrected chi connectivity index (χ2v) is 20.9. The fourth-order valence-corrected chi connectivity index (χ4v) is 11.1. The van der Waals surface area contributed by atoms with Gasteiger partial charge in [0, 0.05) is 77.1 Å². The number of methoxy groups -OCH3 is 2. The van der Waals surface area contributed by atoms with Crippen molar-refractivity contribution in [3.8, 4) is 11.5 Å². The van der Waals surface area contributed by atoms with Crippen LogP contribution in [0.4, 0.5) is 9.59 Å². The van der Waals surface area contributed by atoms with E-state index in [0.29, 0.717) is 55.9 Å². The van der Waals surface area contributed by atoms with Gasteiger partial charge in [-0.2, -0.15) is 0 Å². The Hall–Kier alpha value is -5.52. The summed E-state index contributed by atoms with van der Waals surface area (Å²) in [7, 11) is 3.18. The van der Waals surface area contributed by atoms with Crippen LogP contribution in [0.25, 0.3) is 21.8 Å². The highest BCUT2D eigenvalue weighted by molar-refractivity contribution is 6.31. The van der Waals surface area contributed by atoms with E-state index in [1.54, 1.807) is 24.0 Å². The van der Waals surface area contributed by atoms with Gasteiger partial charge in [0.25, 0.3) is 0 Å². The number of aromatic amines is 2. The summed E-state index contributed by atoms with van der Waals surface area (Å²) in [5, 5.41) is 15.6. The van der Waals surface area contributed by atoms with Gasteiger partial charge in [-0.05, 0) is 160 Å². The highest BCUT2D eigenvalue weighted by Gasteiger charge is 2.37. The topological polar surface area (TPSA) is 163 Å². The van der Waals surface area contributed by atoms with E-state index in [2.05, 4.69) is 32.3 Å². The second kappa shape index (κ2) is 30.0. The van der Waals surface area contributed by atoms with Crippen LogP contribution in [0, 0.1) is 0 Å². The zero-order valence-electron chi connectivity index (χ0n) is 44.9. The molecule has 4 N–H and O–H groups in total. The highest BCUT2D eigenvalue weighted by atomic mass is 35.5. The minimum atomic E-state index is -0.360. The Kier molecular flexibility index (Phi) is 22.5. The van der Waals surface area contributed by atoms with Gasteiger partial charge in [0.2, 0.25) is 0 Å². The van der Waals surface area contributed by atoms with Crippen LogP contribution in [0.2, 0.25) is 10.0 Å². The van der Waals surface area contributed by atoms with Crippen LogP contribution in [0.1, 0.15) is 110 Å². The lowest BCUT2D eigenvalue weighted by Crippen LogP contribution is -2.41. The number of unbranched alkanes of at least 4 members (excludes halogenated alkanes) is 6. The van der Waals surface area contributed by atoms with Crippen LogP contribution in [-0.2, 0) is 31.8 Å². The molecule has 5 heterocycles. The number of hydrogen-bond acceptors (Lipinski definition) is 11. The molecule has 0 bridgehead atoms. The summed E-state index contributed by atoms with van der Waals surface area (Å²) in [6.45, 7) is 9.20. The minimum Gasteiger partial charge on any atom is -0.494 e. The van der Waals surface area contributed by atoms with Gasteiger partial charge in [0.05, 0.1) is 33.0 Å². The van der Waals surface area contributed by atoms with Crippen molar-refractivity contribution in [1.29, 1.82) is 0 Å². The molecule has 9 rings (SSSR count). The number of aliphatic hydroxyl groups is 1. The van der Waals surface area contributed by atoms with Gasteiger partial charge in [0.15, 0.2) is 0 Å². The molecule has 3 aliphatic rings. The standard InChI is InChI=1S/C31H40ClN3O4.C29H38ClN3O5/c1-37-20-21-39-31(36)35-18-14-26-27-22-24(32)10-13-28(27)33-29(26)30(35)23-8-11-25(12-9-23)38-19-7-3-2-4-15-34-16-5-6-17-34;1-36-18-19-38-29(35)33-15-12-24-25-20-22(30)8-11-26(25)32-27(24)28(33)21-6-9-23(10-7-21)37-17-5-3-2-4-13-31-14-16-34/h8-13,22,30,33H,2-7,14-21H2,1H3;6-11,20,28,31-32,34H,2-5,12-19H2,1H3. The number of halogens is 2. The number of aliphatic hydroxyl groups excluding tert-OH is 1. The number of amides is 2. The van der Waals surface area contributed by atoms with Crippen molar-refractivity contribution in [3.05, 3.63) is 129 Å². The number of H-pyrrole nitrogens is 2. The van der Waals surface area contributed by atoms with E-state index in [1.165, 1.54) is 62.9 Å². The summed E-state index contributed by atoms with van der Waals surface area (Å²) in [4.78, 5) is 39.5. The third kappa shape index (κ3) is 15.8. The zero-order chi connectivity index (χ0) is 53.8. The Morgan fingerprint density at radius 2 is 1.04 bits per heavy atom. The molecule has 2 amide bonds.